The maximum atomic E-state index is 12.0. The molecule has 0 saturated carbocycles. The standard InChI is InChI=1S/C19H20N4O5S/c1-12-3-8-16(17(9-12)23(27)28)22-19(26)11-29-10-18(25)21-15-6-4-14(5-7-15)20-13(2)24/h3-9H,10-11H2,1-2H3,(H,20,24)(H,21,25)(H,22,26). The number of carbonyl (C=O) groups excluding carboxylic acids is 3. The van der Waals surface area contributed by atoms with Crippen LogP contribution in [0, 0.1) is 17.0 Å². The number of hydrogen-bond donors (Lipinski definition) is 3. The highest BCUT2D eigenvalue weighted by molar-refractivity contribution is 8.00. The number of nitro groups is 1. The second-order valence-corrected chi connectivity index (χ2v) is 7.11. The first kappa shape index (κ1) is 21.9. The van der Waals surface area contributed by atoms with Crippen molar-refractivity contribution in [2.75, 3.05) is 27.5 Å². The molecule has 0 radical (unpaired) electrons. The molecule has 0 fully saturated rings. The lowest BCUT2D eigenvalue weighted by Crippen LogP contribution is -2.19. The number of nitro benzene ring substituents is 1. The van der Waals surface area contributed by atoms with Crippen LogP contribution in [0.15, 0.2) is 42.5 Å². The zero-order valence-corrected chi connectivity index (χ0v) is 16.7. The molecule has 0 aliphatic heterocycles. The van der Waals surface area contributed by atoms with E-state index in [0.717, 1.165) is 11.8 Å². The van der Waals surface area contributed by atoms with Crippen molar-refractivity contribution in [2.24, 2.45) is 0 Å². The summed E-state index contributed by atoms with van der Waals surface area (Å²) >= 11 is 1.09. The Morgan fingerprint density at radius 3 is 2.03 bits per heavy atom. The van der Waals surface area contributed by atoms with Gasteiger partial charge < -0.3 is 16.0 Å². The van der Waals surface area contributed by atoms with E-state index in [0.29, 0.717) is 16.9 Å². The molecule has 3 amide bonds. The number of rotatable bonds is 8. The Morgan fingerprint density at radius 1 is 0.931 bits per heavy atom. The van der Waals surface area contributed by atoms with E-state index in [4.69, 9.17) is 0 Å². The molecule has 0 saturated heterocycles. The molecule has 0 spiro atoms. The van der Waals surface area contributed by atoms with Crippen molar-refractivity contribution in [1.29, 1.82) is 0 Å². The molecular formula is C19H20N4O5S. The van der Waals surface area contributed by atoms with Crippen molar-refractivity contribution in [3.8, 4) is 0 Å². The molecule has 2 rings (SSSR count). The van der Waals surface area contributed by atoms with Gasteiger partial charge in [-0.3, -0.25) is 24.5 Å². The van der Waals surface area contributed by atoms with E-state index in [1.54, 1.807) is 37.3 Å². The summed E-state index contributed by atoms with van der Waals surface area (Å²) in [6.07, 6.45) is 0. The number of anilines is 3. The first-order valence-corrected chi connectivity index (χ1v) is 9.70. The number of aryl methyl sites for hydroxylation is 1. The Hall–Kier alpha value is -3.40. The third-order valence-electron chi connectivity index (χ3n) is 3.58. The van der Waals surface area contributed by atoms with Crippen LogP contribution in [0.3, 0.4) is 0 Å². The van der Waals surface area contributed by atoms with Crippen LogP contribution in [0.2, 0.25) is 0 Å². The van der Waals surface area contributed by atoms with Gasteiger partial charge >= 0.3 is 0 Å². The van der Waals surface area contributed by atoms with Crippen molar-refractivity contribution in [3.63, 3.8) is 0 Å². The lowest BCUT2D eigenvalue weighted by Gasteiger charge is -2.08. The molecule has 2 aromatic carbocycles. The second kappa shape index (κ2) is 10.2. The van der Waals surface area contributed by atoms with E-state index in [1.165, 1.54) is 19.1 Å². The topological polar surface area (TPSA) is 130 Å². The van der Waals surface area contributed by atoms with Crippen LogP contribution < -0.4 is 16.0 Å². The third-order valence-corrected chi connectivity index (χ3v) is 4.51. The van der Waals surface area contributed by atoms with Gasteiger partial charge in [0.15, 0.2) is 0 Å². The van der Waals surface area contributed by atoms with Gasteiger partial charge in [-0.15, -0.1) is 11.8 Å². The molecule has 0 heterocycles. The van der Waals surface area contributed by atoms with Crippen LogP contribution in [0.5, 0.6) is 0 Å². The number of nitrogens with zero attached hydrogens (tertiary/aromatic N) is 1. The molecule has 3 N–H and O–H groups in total. The lowest BCUT2D eigenvalue weighted by molar-refractivity contribution is -0.384. The fourth-order valence-electron chi connectivity index (χ4n) is 2.36. The van der Waals surface area contributed by atoms with E-state index in [2.05, 4.69) is 16.0 Å². The average Bonchev–Trinajstić information content (AvgIpc) is 2.64. The SMILES string of the molecule is CC(=O)Nc1ccc(NC(=O)CSCC(=O)Nc2ccc(C)cc2[N+](=O)[O-])cc1. The predicted molar refractivity (Wildman–Crippen MR) is 113 cm³/mol. The molecule has 29 heavy (non-hydrogen) atoms. The van der Waals surface area contributed by atoms with Crippen LogP contribution >= 0.6 is 11.8 Å². The van der Waals surface area contributed by atoms with Gasteiger partial charge in [0, 0.05) is 24.4 Å². The molecule has 2 aromatic rings. The minimum absolute atomic E-state index is 0.0279. The van der Waals surface area contributed by atoms with E-state index in [-0.39, 0.29) is 34.7 Å². The Bertz CT molecular complexity index is 931. The van der Waals surface area contributed by atoms with Crippen LogP contribution in [-0.4, -0.2) is 34.2 Å². The van der Waals surface area contributed by atoms with E-state index >= 15 is 0 Å². The number of thioether (sulfide) groups is 1. The molecule has 0 atom stereocenters. The highest BCUT2D eigenvalue weighted by Crippen LogP contribution is 2.25. The number of hydrogen-bond acceptors (Lipinski definition) is 6. The Labute approximate surface area is 171 Å². The second-order valence-electron chi connectivity index (χ2n) is 6.13. The summed E-state index contributed by atoms with van der Waals surface area (Å²) in [5.41, 5.74) is 1.83. The van der Waals surface area contributed by atoms with Gasteiger partial charge in [0.05, 0.1) is 16.4 Å². The third kappa shape index (κ3) is 7.26. The highest BCUT2D eigenvalue weighted by Gasteiger charge is 2.16. The van der Waals surface area contributed by atoms with Gasteiger partial charge in [-0.2, -0.15) is 0 Å². The number of amides is 3. The quantitative estimate of drug-likeness (QED) is 0.447. The first-order chi connectivity index (χ1) is 13.7. The Morgan fingerprint density at radius 2 is 1.48 bits per heavy atom. The summed E-state index contributed by atoms with van der Waals surface area (Å²) in [7, 11) is 0. The van der Waals surface area contributed by atoms with Gasteiger partial charge in [-0.05, 0) is 42.8 Å². The number of carbonyl (C=O) groups is 3. The monoisotopic (exact) mass is 416 g/mol. The molecule has 0 aliphatic rings. The minimum Gasteiger partial charge on any atom is -0.326 e. The van der Waals surface area contributed by atoms with Crippen LogP contribution in [0.1, 0.15) is 12.5 Å². The summed E-state index contributed by atoms with van der Waals surface area (Å²) in [4.78, 5) is 45.5. The van der Waals surface area contributed by atoms with E-state index in [1.807, 2.05) is 0 Å². The van der Waals surface area contributed by atoms with E-state index in [9.17, 15) is 24.5 Å². The molecular weight excluding hydrogens is 396 g/mol. The van der Waals surface area contributed by atoms with Crippen molar-refractivity contribution in [3.05, 3.63) is 58.1 Å². The van der Waals surface area contributed by atoms with Crippen molar-refractivity contribution in [1.82, 2.24) is 0 Å². The van der Waals surface area contributed by atoms with Crippen molar-refractivity contribution in [2.45, 2.75) is 13.8 Å². The first-order valence-electron chi connectivity index (χ1n) is 8.54. The maximum Gasteiger partial charge on any atom is 0.293 e. The van der Waals surface area contributed by atoms with Crippen LogP contribution in [0.25, 0.3) is 0 Å². The summed E-state index contributed by atoms with van der Waals surface area (Å²) in [5, 5.41) is 18.9. The average molecular weight is 416 g/mol. The Kier molecular flexibility index (Phi) is 7.72. The number of nitrogens with one attached hydrogen (secondary N) is 3. The summed E-state index contributed by atoms with van der Waals surface area (Å²) < 4.78 is 0. The van der Waals surface area contributed by atoms with Crippen molar-refractivity contribution < 1.29 is 19.3 Å². The normalized spacial score (nSPS) is 10.1. The fourth-order valence-corrected chi connectivity index (χ4v) is 2.98. The number of benzene rings is 2. The molecule has 9 nitrogen and oxygen atoms in total. The largest absolute Gasteiger partial charge is 0.326 e. The fraction of sp³-hybridized carbons (Fsp3) is 0.211. The van der Waals surface area contributed by atoms with Gasteiger partial charge in [-0.25, -0.2) is 0 Å². The van der Waals surface area contributed by atoms with Crippen molar-refractivity contribution >= 4 is 52.2 Å². The molecule has 10 heteroatoms. The summed E-state index contributed by atoms with van der Waals surface area (Å²) in [6.45, 7) is 3.13. The Balaban J connectivity index is 1.79. The smallest absolute Gasteiger partial charge is 0.293 e. The lowest BCUT2D eigenvalue weighted by atomic mass is 10.2. The van der Waals surface area contributed by atoms with Crippen LogP contribution in [-0.2, 0) is 14.4 Å². The molecule has 0 unspecified atom stereocenters. The zero-order chi connectivity index (χ0) is 21.4. The van der Waals surface area contributed by atoms with Gasteiger partial charge in [-0.1, -0.05) is 6.07 Å². The zero-order valence-electron chi connectivity index (χ0n) is 15.9. The molecule has 152 valence electrons. The van der Waals surface area contributed by atoms with Gasteiger partial charge in [0.25, 0.3) is 5.69 Å². The minimum atomic E-state index is -0.555. The van der Waals surface area contributed by atoms with E-state index < -0.39 is 10.8 Å². The van der Waals surface area contributed by atoms with Gasteiger partial charge in [0.2, 0.25) is 17.7 Å². The van der Waals surface area contributed by atoms with Crippen LogP contribution in [0.4, 0.5) is 22.7 Å². The summed E-state index contributed by atoms with van der Waals surface area (Å²) in [5.74, 6) is -0.908. The molecule has 0 aliphatic carbocycles. The molecule has 0 aromatic heterocycles. The predicted octanol–water partition coefficient (Wildman–Crippen LogP) is 3.17. The molecule has 0 bridgehead atoms. The van der Waals surface area contributed by atoms with Gasteiger partial charge in [0.1, 0.15) is 5.69 Å². The maximum absolute atomic E-state index is 12.0. The summed E-state index contributed by atoms with van der Waals surface area (Å²) in [6, 6.07) is 11.1. The highest BCUT2D eigenvalue weighted by atomic mass is 32.2.